The lowest BCUT2D eigenvalue weighted by molar-refractivity contribution is -0.136. The summed E-state index contributed by atoms with van der Waals surface area (Å²) in [5, 5.41) is 10.8. The number of fused-ring (bicyclic) bond motifs is 3. The number of urea groups is 1. The maximum absolute atomic E-state index is 13.3. The van der Waals surface area contributed by atoms with Crippen LogP contribution in [0.4, 0.5) is 4.79 Å². The van der Waals surface area contributed by atoms with Crippen molar-refractivity contribution in [2.24, 2.45) is 0 Å². The number of aliphatic hydroxyl groups excluding tert-OH is 1. The average Bonchev–Trinajstić information content (AvgIpc) is 3.33. The van der Waals surface area contributed by atoms with Gasteiger partial charge in [0.05, 0.1) is 24.8 Å². The van der Waals surface area contributed by atoms with E-state index in [4.69, 9.17) is 9.15 Å². The molecule has 2 bridgehead atoms. The second-order valence-electron chi connectivity index (χ2n) is 8.39. The number of nitrogens with zero attached hydrogens (tertiary/aromatic N) is 2. The van der Waals surface area contributed by atoms with Gasteiger partial charge in [-0.25, -0.2) is 9.59 Å². The Balaban J connectivity index is 1.52. The van der Waals surface area contributed by atoms with Gasteiger partial charge in [-0.2, -0.15) is 0 Å². The number of hydrogen-bond donors (Lipinski definition) is 1. The monoisotopic (exact) mass is 410 g/mol. The molecule has 0 saturated carbocycles. The molecule has 2 saturated heterocycles. The van der Waals surface area contributed by atoms with E-state index in [1.54, 1.807) is 4.90 Å². The summed E-state index contributed by atoms with van der Waals surface area (Å²) >= 11 is 0. The number of amides is 2. The van der Waals surface area contributed by atoms with Crippen LogP contribution in [0.25, 0.3) is 16.5 Å². The largest absolute Gasteiger partial charge is 0.466 e. The molecule has 2 fully saturated rings. The Labute approximate surface area is 174 Å². The minimum atomic E-state index is -0.400. The molecule has 0 spiro atoms. The van der Waals surface area contributed by atoms with E-state index in [-0.39, 0.29) is 24.2 Å². The molecule has 3 aliphatic heterocycles. The Bertz CT molecular complexity index is 985. The number of ether oxygens (including phenoxy) is 1. The first-order valence-corrected chi connectivity index (χ1v) is 10.6. The molecule has 5 rings (SSSR count). The summed E-state index contributed by atoms with van der Waals surface area (Å²) in [6.07, 6.45) is 3.01. The van der Waals surface area contributed by atoms with E-state index in [0.717, 1.165) is 29.4 Å². The zero-order valence-electron chi connectivity index (χ0n) is 17.0. The molecule has 7 heteroatoms. The number of likely N-dealkylation sites (tertiary alicyclic amines) is 1. The van der Waals surface area contributed by atoms with Crippen molar-refractivity contribution in [1.82, 2.24) is 9.80 Å². The fraction of sp³-hybridized carbons (Fsp3) is 0.478. The fourth-order valence-corrected chi connectivity index (χ4v) is 5.16. The normalized spacial score (nSPS) is 24.6. The number of aliphatic hydroxyl groups is 1. The van der Waals surface area contributed by atoms with Gasteiger partial charge in [0, 0.05) is 30.1 Å². The molecular formula is C23H26N2O5. The van der Waals surface area contributed by atoms with Crippen LogP contribution in [-0.4, -0.2) is 65.3 Å². The van der Waals surface area contributed by atoms with Gasteiger partial charge in [0.25, 0.3) is 0 Å². The Morgan fingerprint density at radius 3 is 2.63 bits per heavy atom. The van der Waals surface area contributed by atoms with Gasteiger partial charge < -0.3 is 24.1 Å². The van der Waals surface area contributed by atoms with Gasteiger partial charge in [0.2, 0.25) is 0 Å². The number of piperidine rings is 1. The highest BCUT2D eigenvalue weighted by atomic mass is 16.5. The van der Waals surface area contributed by atoms with Gasteiger partial charge in [0.15, 0.2) is 0 Å². The summed E-state index contributed by atoms with van der Waals surface area (Å²) in [5.74, 6) is 0.282. The zero-order chi connectivity index (χ0) is 20.8. The number of rotatable bonds is 2. The Morgan fingerprint density at radius 2 is 1.90 bits per heavy atom. The van der Waals surface area contributed by atoms with E-state index in [1.165, 1.54) is 7.11 Å². The highest BCUT2D eigenvalue weighted by Gasteiger charge is 2.48. The first-order valence-electron chi connectivity index (χ1n) is 10.6. The number of benzene rings is 1. The molecule has 1 aromatic carbocycles. The van der Waals surface area contributed by atoms with Crippen molar-refractivity contribution >= 4 is 28.5 Å². The summed E-state index contributed by atoms with van der Waals surface area (Å²) in [7, 11) is 1.38. The molecule has 0 radical (unpaired) electrons. The molecule has 4 heterocycles. The number of methoxy groups -OCH3 is 1. The Morgan fingerprint density at radius 1 is 1.13 bits per heavy atom. The molecule has 7 nitrogen and oxygen atoms in total. The lowest BCUT2D eigenvalue weighted by atomic mass is 9.91. The molecule has 0 aliphatic carbocycles. The van der Waals surface area contributed by atoms with Gasteiger partial charge >= 0.3 is 12.0 Å². The number of carbonyl (C=O) groups excluding carboxylic acids is 2. The Kier molecular flexibility index (Phi) is 4.77. The zero-order valence-corrected chi connectivity index (χ0v) is 17.0. The Hall–Kier alpha value is -2.80. The molecule has 158 valence electrons. The van der Waals surface area contributed by atoms with Crippen molar-refractivity contribution in [1.29, 1.82) is 0 Å². The lowest BCUT2D eigenvalue weighted by Gasteiger charge is -2.41. The van der Waals surface area contributed by atoms with Crippen LogP contribution in [0, 0.1) is 0 Å². The van der Waals surface area contributed by atoms with Crippen LogP contribution in [0.5, 0.6) is 0 Å². The topological polar surface area (TPSA) is 83.2 Å². The molecular weight excluding hydrogens is 384 g/mol. The third-order valence-corrected chi connectivity index (χ3v) is 6.68. The van der Waals surface area contributed by atoms with Crippen LogP contribution in [0.1, 0.15) is 37.9 Å². The molecule has 1 N–H and O–H groups in total. The van der Waals surface area contributed by atoms with Crippen molar-refractivity contribution in [2.45, 2.75) is 50.3 Å². The van der Waals surface area contributed by atoms with Crippen LogP contribution in [0.15, 0.2) is 40.3 Å². The van der Waals surface area contributed by atoms with Crippen LogP contribution in [0.2, 0.25) is 0 Å². The number of furan rings is 1. The smallest absolute Gasteiger partial charge is 0.336 e. The summed E-state index contributed by atoms with van der Waals surface area (Å²) in [4.78, 5) is 29.8. The van der Waals surface area contributed by atoms with Gasteiger partial charge in [-0.1, -0.05) is 18.2 Å². The SMILES string of the molecule is COC(=O)C1=C(c2cc3ccccc3o2)C[C@@H]2CC[C@H]1N2C(=O)N1CCC(O)CC1. The quantitative estimate of drug-likeness (QED) is 0.769. The first-order chi connectivity index (χ1) is 14.6. The van der Waals surface area contributed by atoms with E-state index >= 15 is 0 Å². The van der Waals surface area contributed by atoms with Crippen LogP contribution < -0.4 is 0 Å². The van der Waals surface area contributed by atoms with Crippen molar-refractivity contribution < 1.29 is 23.8 Å². The van der Waals surface area contributed by atoms with E-state index < -0.39 is 5.97 Å². The summed E-state index contributed by atoms with van der Waals surface area (Å²) in [5.41, 5.74) is 2.17. The number of para-hydroxylation sites is 1. The molecule has 2 amide bonds. The lowest BCUT2D eigenvalue weighted by Crippen LogP contribution is -2.54. The van der Waals surface area contributed by atoms with Gasteiger partial charge in [-0.3, -0.25) is 0 Å². The first kappa shape index (κ1) is 19.2. The van der Waals surface area contributed by atoms with Gasteiger partial charge in [0.1, 0.15) is 11.3 Å². The average molecular weight is 410 g/mol. The van der Waals surface area contributed by atoms with Crippen molar-refractivity contribution in [3.05, 3.63) is 41.7 Å². The van der Waals surface area contributed by atoms with E-state index in [0.29, 0.717) is 43.7 Å². The third kappa shape index (κ3) is 3.08. The second kappa shape index (κ2) is 7.47. The highest BCUT2D eigenvalue weighted by molar-refractivity contribution is 6.01. The van der Waals surface area contributed by atoms with E-state index in [1.807, 2.05) is 35.2 Å². The number of esters is 1. The van der Waals surface area contributed by atoms with Crippen molar-refractivity contribution in [3.8, 4) is 0 Å². The van der Waals surface area contributed by atoms with Crippen molar-refractivity contribution in [2.75, 3.05) is 20.2 Å². The molecule has 2 aromatic rings. The minimum absolute atomic E-state index is 0.0333. The fourth-order valence-electron chi connectivity index (χ4n) is 5.16. The standard InChI is InChI=1S/C23H26N2O5/c1-29-22(27)21-17(20-12-14-4-2-3-5-19(14)30-20)13-15-6-7-18(21)25(15)23(28)24-10-8-16(26)9-11-24/h2-5,12,15-16,18,26H,6-11,13H2,1H3/t15-,18+/m0/s1. The maximum Gasteiger partial charge on any atom is 0.336 e. The van der Waals surface area contributed by atoms with Crippen LogP contribution >= 0.6 is 0 Å². The number of carbonyl (C=O) groups is 2. The van der Waals surface area contributed by atoms with Crippen molar-refractivity contribution in [3.63, 3.8) is 0 Å². The molecule has 2 atom stereocenters. The molecule has 1 aromatic heterocycles. The summed E-state index contributed by atoms with van der Waals surface area (Å²) in [6.45, 7) is 1.09. The van der Waals surface area contributed by atoms with E-state index in [2.05, 4.69) is 0 Å². The van der Waals surface area contributed by atoms with Crippen LogP contribution in [0.3, 0.4) is 0 Å². The second-order valence-corrected chi connectivity index (χ2v) is 8.39. The van der Waals surface area contributed by atoms with E-state index in [9.17, 15) is 14.7 Å². The summed E-state index contributed by atoms with van der Waals surface area (Å²) < 4.78 is 11.2. The maximum atomic E-state index is 13.3. The molecule has 0 unspecified atom stereocenters. The van der Waals surface area contributed by atoms with Gasteiger partial charge in [-0.05, 0) is 44.2 Å². The molecule has 30 heavy (non-hydrogen) atoms. The third-order valence-electron chi connectivity index (χ3n) is 6.68. The highest BCUT2D eigenvalue weighted by Crippen LogP contribution is 2.45. The minimum Gasteiger partial charge on any atom is -0.466 e. The predicted molar refractivity (Wildman–Crippen MR) is 111 cm³/mol. The summed E-state index contributed by atoms with van der Waals surface area (Å²) in [6, 6.07) is 9.43. The van der Waals surface area contributed by atoms with Crippen LogP contribution in [-0.2, 0) is 9.53 Å². The molecule has 3 aliphatic rings. The number of hydrogen-bond acceptors (Lipinski definition) is 5. The predicted octanol–water partition coefficient (Wildman–Crippen LogP) is 3.17. The van der Waals surface area contributed by atoms with Gasteiger partial charge in [-0.15, -0.1) is 0 Å².